The van der Waals surface area contributed by atoms with E-state index in [1.165, 1.54) is 4.68 Å². The lowest BCUT2D eigenvalue weighted by molar-refractivity contribution is 0.0750. The summed E-state index contributed by atoms with van der Waals surface area (Å²) in [5.74, 6) is 0.468. The fourth-order valence-electron chi connectivity index (χ4n) is 3.25. The van der Waals surface area contributed by atoms with E-state index >= 15 is 0 Å². The molecular weight excluding hydrogens is 507 g/mol. The van der Waals surface area contributed by atoms with Gasteiger partial charge in [0.2, 0.25) is 0 Å². The minimum Gasteiger partial charge on any atom is -0.361 e. The summed E-state index contributed by atoms with van der Waals surface area (Å²) in [6.07, 6.45) is 0. The van der Waals surface area contributed by atoms with Gasteiger partial charge in [0.15, 0.2) is 5.15 Å². The Morgan fingerprint density at radius 1 is 0.912 bits per heavy atom. The van der Waals surface area contributed by atoms with Crippen LogP contribution in [0.3, 0.4) is 0 Å². The van der Waals surface area contributed by atoms with E-state index in [2.05, 4.69) is 44.4 Å². The zero-order valence-electron chi connectivity index (χ0n) is 20.8. The zero-order chi connectivity index (χ0) is 25.1. The molecule has 0 N–H and O–H groups in total. The second kappa shape index (κ2) is 11.1. The molecule has 34 heavy (non-hydrogen) atoms. The molecule has 3 rings (SSSR count). The van der Waals surface area contributed by atoms with Crippen LogP contribution in [0.5, 0.6) is 0 Å². The SMILES string of the molecule is C[Si](C)(C)CCOCn1nc(Cl)cc(-c2nc3ccc(Cl)cc3n2COCC[Si](C)(C)C)c1=O. The lowest BCUT2D eigenvalue weighted by Crippen LogP contribution is -2.28. The van der Waals surface area contributed by atoms with Crippen molar-refractivity contribution < 1.29 is 9.47 Å². The molecule has 0 aliphatic heterocycles. The van der Waals surface area contributed by atoms with Gasteiger partial charge >= 0.3 is 0 Å². The summed E-state index contributed by atoms with van der Waals surface area (Å²) >= 11 is 12.6. The van der Waals surface area contributed by atoms with Crippen LogP contribution in [0.25, 0.3) is 22.4 Å². The molecule has 3 aromatic rings. The summed E-state index contributed by atoms with van der Waals surface area (Å²) in [5.41, 5.74) is 1.54. The van der Waals surface area contributed by atoms with Crippen LogP contribution in [0.4, 0.5) is 0 Å². The fraction of sp³-hybridized carbons (Fsp3) is 0.522. The maximum absolute atomic E-state index is 13.3. The molecule has 0 atom stereocenters. The largest absolute Gasteiger partial charge is 0.361 e. The average molecular weight is 542 g/mol. The highest BCUT2D eigenvalue weighted by Crippen LogP contribution is 2.26. The number of hydrogen-bond acceptors (Lipinski definition) is 5. The van der Waals surface area contributed by atoms with Gasteiger partial charge in [-0.15, -0.1) is 0 Å². The predicted octanol–water partition coefficient (Wildman–Crippen LogP) is 6.19. The topological polar surface area (TPSA) is 71.2 Å². The summed E-state index contributed by atoms with van der Waals surface area (Å²) in [7, 11) is -2.47. The average Bonchev–Trinajstić information content (AvgIpc) is 3.06. The molecule has 0 amide bonds. The molecule has 7 nitrogen and oxygen atoms in total. The molecule has 0 aliphatic carbocycles. The van der Waals surface area contributed by atoms with Crippen LogP contribution >= 0.6 is 23.2 Å². The Morgan fingerprint density at radius 3 is 2.15 bits per heavy atom. The second-order valence-corrected chi connectivity index (χ2v) is 22.9. The normalized spacial score (nSPS) is 12.6. The van der Waals surface area contributed by atoms with Gasteiger partial charge < -0.3 is 9.47 Å². The number of imidazole rings is 1. The lowest BCUT2D eigenvalue weighted by atomic mass is 10.3. The predicted molar refractivity (Wildman–Crippen MR) is 145 cm³/mol. The van der Waals surface area contributed by atoms with Crippen molar-refractivity contribution in [2.75, 3.05) is 13.2 Å². The van der Waals surface area contributed by atoms with Crippen molar-refractivity contribution in [3.63, 3.8) is 0 Å². The van der Waals surface area contributed by atoms with Gasteiger partial charge in [-0.2, -0.15) is 5.10 Å². The van der Waals surface area contributed by atoms with E-state index in [-0.39, 0.29) is 24.2 Å². The van der Waals surface area contributed by atoms with Crippen molar-refractivity contribution in [2.24, 2.45) is 0 Å². The van der Waals surface area contributed by atoms with Crippen LogP contribution in [-0.4, -0.2) is 48.7 Å². The van der Waals surface area contributed by atoms with E-state index in [9.17, 15) is 4.79 Å². The highest BCUT2D eigenvalue weighted by Gasteiger charge is 2.20. The van der Waals surface area contributed by atoms with Gasteiger partial charge in [0.05, 0.1) is 16.6 Å². The molecule has 1 aromatic carbocycles. The number of nitrogens with zero attached hydrogens (tertiary/aromatic N) is 4. The van der Waals surface area contributed by atoms with Gasteiger partial charge in [0, 0.05) is 34.4 Å². The van der Waals surface area contributed by atoms with Crippen LogP contribution in [-0.2, 0) is 22.9 Å². The molecule has 0 saturated heterocycles. The summed E-state index contributed by atoms with van der Waals surface area (Å²) in [6.45, 7) is 15.3. The lowest BCUT2D eigenvalue weighted by Gasteiger charge is -2.17. The van der Waals surface area contributed by atoms with Crippen LogP contribution in [0.1, 0.15) is 0 Å². The first kappa shape index (κ1) is 27.1. The Bertz CT molecular complexity index is 1200. The van der Waals surface area contributed by atoms with E-state index in [1.54, 1.807) is 12.1 Å². The summed E-state index contributed by atoms with van der Waals surface area (Å²) < 4.78 is 14.9. The van der Waals surface area contributed by atoms with E-state index in [1.807, 2.05) is 16.7 Å². The highest BCUT2D eigenvalue weighted by atomic mass is 35.5. The van der Waals surface area contributed by atoms with Crippen LogP contribution in [0.15, 0.2) is 29.1 Å². The van der Waals surface area contributed by atoms with Crippen LogP contribution < -0.4 is 5.56 Å². The van der Waals surface area contributed by atoms with Gasteiger partial charge in [-0.05, 0) is 36.4 Å². The molecule has 0 unspecified atom stereocenters. The minimum atomic E-state index is -1.24. The van der Waals surface area contributed by atoms with Gasteiger partial charge in [-0.25, -0.2) is 9.67 Å². The molecule has 2 aromatic heterocycles. The van der Waals surface area contributed by atoms with Gasteiger partial charge in [-0.3, -0.25) is 9.36 Å². The Kier molecular flexibility index (Phi) is 8.81. The molecule has 0 saturated carbocycles. The summed E-state index contributed by atoms with van der Waals surface area (Å²) in [6, 6.07) is 9.03. The first-order valence-corrected chi connectivity index (χ1v) is 19.6. The second-order valence-electron chi connectivity index (χ2n) is 10.9. The van der Waals surface area contributed by atoms with Crippen LogP contribution in [0, 0.1) is 0 Å². The van der Waals surface area contributed by atoms with Crippen molar-refractivity contribution in [1.29, 1.82) is 0 Å². The molecule has 11 heteroatoms. The summed E-state index contributed by atoms with van der Waals surface area (Å²) in [4.78, 5) is 18.0. The summed E-state index contributed by atoms with van der Waals surface area (Å²) in [5, 5.41) is 4.94. The first-order chi connectivity index (χ1) is 15.8. The van der Waals surface area contributed by atoms with E-state index in [0.29, 0.717) is 29.6 Å². The molecular formula is C23H34Cl2N4O3Si2. The third-order valence-corrected chi connectivity index (χ3v) is 9.15. The molecule has 0 spiro atoms. The van der Waals surface area contributed by atoms with E-state index < -0.39 is 16.1 Å². The molecule has 0 aliphatic rings. The highest BCUT2D eigenvalue weighted by molar-refractivity contribution is 6.76. The van der Waals surface area contributed by atoms with Gasteiger partial charge in [0.25, 0.3) is 5.56 Å². The fourth-order valence-corrected chi connectivity index (χ4v) is 5.13. The van der Waals surface area contributed by atoms with Crippen molar-refractivity contribution in [2.45, 2.75) is 64.8 Å². The minimum absolute atomic E-state index is 0.0373. The number of fused-ring (bicyclic) bond motifs is 1. The monoisotopic (exact) mass is 540 g/mol. The number of rotatable bonds is 11. The van der Waals surface area contributed by atoms with E-state index in [0.717, 1.165) is 23.1 Å². The third kappa shape index (κ3) is 7.50. The molecule has 0 radical (unpaired) electrons. The van der Waals surface area contributed by atoms with Crippen molar-refractivity contribution in [1.82, 2.24) is 19.3 Å². The zero-order valence-corrected chi connectivity index (χ0v) is 24.3. The van der Waals surface area contributed by atoms with Gasteiger partial charge in [-0.1, -0.05) is 62.5 Å². The number of hydrogen-bond donors (Lipinski definition) is 0. The number of ether oxygens (including phenoxy) is 2. The number of benzene rings is 1. The van der Waals surface area contributed by atoms with Crippen LogP contribution in [0.2, 0.25) is 61.5 Å². The van der Waals surface area contributed by atoms with Gasteiger partial charge in [0.1, 0.15) is 19.3 Å². The van der Waals surface area contributed by atoms with E-state index in [4.69, 9.17) is 37.7 Å². The Morgan fingerprint density at radius 2 is 1.53 bits per heavy atom. The standard InChI is InChI=1S/C23H34Cl2N4O3Si2/c1-33(2,3)11-9-31-15-28-20-13-17(24)7-8-19(20)26-22(28)18-14-21(25)27-29(23(18)30)16-32-10-12-34(4,5)6/h7-8,13-14H,9-12,15-16H2,1-6H3. The number of aromatic nitrogens is 4. The molecule has 0 fully saturated rings. The molecule has 0 bridgehead atoms. The van der Waals surface area contributed by atoms with Crippen molar-refractivity contribution in [3.05, 3.63) is 44.8 Å². The quantitative estimate of drug-likeness (QED) is 0.214. The smallest absolute Gasteiger partial charge is 0.280 e. The van der Waals surface area contributed by atoms with Crippen molar-refractivity contribution >= 4 is 50.4 Å². The number of halogens is 2. The maximum atomic E-state index is 13.3. The molecule has 2 heterocycles. The Labute approximate surface area is 213 Å². The third-order valence-electron chi connectivity index (χ3n) is 5.32. The maximum Gasteiger partial charge on any atom is 0.280 e. The Hall–Kier alpha value is -1.50. The Balaban J connectivity index is 1.94. The first-order valence-electron chi connectivity index (χ1n) is 11.4. The van der Waals surface area contributed by atoms with Crippen molar-refractivity contribution in [3.8, 4) is 11.4 Å². The molecule has 186 valence electrons.